The highest BCUT2D eigenvalue weighted by molar-refractivity contribution is 7.80. The summed E-state index contributed by atoms with van der Waals surface area (Å²) in [5.41, 5.74) is 5.29. The minimum absolute atomic E-state index is 1.11. The fraction of sp³-hybridized carbons (Fsp3) is 0.286. The van der Waals surface area contributed by atoms with Crippen LogP contribution in [0.15, 0.2) is 40.8 Å². The fourth-order valence-corrected chi connectivity index (χ4v) is 2.21. The molecule has 0 aliphatic heterocycles. The fourth-order valence-electron chi connectivity index (χ4n) is 1.93. The van der Waals surface area contributed by atoms with E-state index in [0.29, 0.717) is 0 Å². The topological polar surface area (TPSA) is 0 Å². The Morgan fingerprint density at radius 2 is 2.00 bits per heavy atom. The van der Waals surface area contributed by atoms with Crippen molar-refractivity contribution in [3.05, 3.63) is 47.1 Å². The van der Waals surface area contributed by atoms with Crippen LogP contribution >= 0.6 is 12.6 Å². The Morgan fingerprint density at radius 1 is 1.20 bits per heavy atom. The van der Waals surface area contributed by atoms with E-state index in [9.17, 15) is 0 Å². The van der Waals surface area contributed by atoms with Crippen molar-refractivity contribution in [1.29, 1.82) is 0 Å². The van der Waals surface area contributed by atoms with E-state index in [1.54, 1.807) is 0 Å². The summed E-state index contributed by atoms with van der Waals surface area (Å²) in [6.07, 6.45) is 6.93. The molecule has 0 amide bonds. The molecule has 1 aromatic rings. The lowest BCUT2D eigenvalue weighted by molar-refractivity contribution is 0.964. The number of benzene rings is 1. The van der Waals surface area contributed by atoms with E-state index in [4.69, 9.17) is 0 Å². The highest BCUT2D eigenvalue weighted by atomic mass is 32.1. The van der Waals surface area contributed by atoms with Crippen molar-refractivity contribution < 1.29 is 0 Å². The first-order valence-corrected chi connectivity index (χ1v) is 5.79. The maximum absolute atomic E-state index is 4.58. The first kappa shape index (κ1) is 10.6. The zero-order chi connectivity index (χ0) is 10.8. The Labute approximate surface area is 97.1 Å². The number of hydrogen-bond donors (Lipinski definition) is 1. The molecular formula is C14H16S. The smallest absolute Gasteiger partial charge is 0.0148 e. The predicted octanol–water partition coefficient (Wildman–Crippen LogP) is 4.41. The first-order chi connectivity index (χ1) is 7.18. The molecule has 0 N–H and O–H groups in total. The standard InChI is InChI=1S/C14H16S/c1-10-5-3-7-12(9-10)13-8-4-6-11(2)14(13)15/h4,6-9,15H,3,5H2,1-2H3. The third-order valence-electron chi connectivity index (χ3n) is 2.85. The van der Waals surface area contributed by atoms with Gasteiger partial charge in [0.1, 0.15) is 0 Å². The molecule has 1 aromatic carbocycles. The van der Waals surface area contributed by atoms with E-state index in [2.05, 4.69) is 56.8 Å². The third kappa shape index (κ3) is 2.18. The summed E-state index contributed by atoms with van der Waals surface area (Å²) in [6, 6.07) is 6.35. The molecule has 78 valence electrons. The molecule has 0 saturated heterocycles. The molecule has 1 aliphatic rings. The Bertz CT molecular complexity index is 439. The van der Waals surface area contributed by atoms with Crippen LogP contribution in [0.5, 0.6) is 0 Å². The summed E-state index contributed by atoms with van der Waals surface area (Å²) in [5.74, 6) is 0. The molecule has 1 aliphatic carbocycles. The maximum atomic E-state index is 4.58. The van der Waals surface area contributed by atoms with Crippen molar-refractivity contribution in [3.8, 4) is 0 Å². The lowest BCUT2D eigenvalue weighted by Gasteiger charge is -2.13. The zero-order valence-electron chi connectivity index (χ0n) is 9.25. The van der Waals surface area contributed by atoms with Crippen molar-refractivity contribution in [2.45, 2.75) is 31.6 Å². The van der Waals surface area contributed by atoms with Gasteiger partial charge in [-0.15, -0.1) is 12.6 Å². The Morgan fingerprint density at radius 3 is 2.73 bits per heavy atom. The molecule has 0 unspecified atom stereocenters. The summed E-state index contributed by atoms with van der Waals surface area (Å²) >= 11 is 4.58. The van der Waals surface area contributed by atoms with Crippen molar-refractivity contribution >= 4 is 18.2 Å². The van der Waals surface area contributed by atoms with Crippen LogP contribution in [0.2, 0.25) is 0 Å². The molecule has 15 heavy (non-hydrogen) atoms. The predicted molar refractivity (Wildman–Crippen MR) is 69.4 cm³/mol. The summed E-state index contributed by atoms with van der Waals surface area (Å²) < 4.78 is 0. The highest BCUT2D eigenvalue weighted by Crippen LogP contribution is 2.30. The van der Waals surface area contributed by atoms with Gasteiger partial charge >= 0.3 is 0 Å². The average molecular weight is 216 g/mol. The zero-order valence-corrected chi connectivity index (χ0v) is 10.1. The number of rotatable bonds is 1. The second kappa shape index (κ2) is 4.28. The van der Waals surface area contributed by atoms with Gasteiger partial charge in [-0.25, -0.2) is 0 Å². The van der Waals surface area contributed by atoms with Gasteiger partial charge in [-0.05, 0) is 43.4 Å². The van der Waals surface area contributed by atoms with Gasteiger partial charge in [0.05, 0.1) is 0 Å². The number of thiol groups is 1. The minimum Gasteiger partial charge on any atom is -0.143 e. The Kier molecular flexibility index (Phi) is 3.01. The molecule has 0 atom stereocenters. The molecule has 0 heterocycles. The van der Waals surface area contributed by atoms with Gasteiger partial charge in [-0.3, -0.25) is 0 Å². The van der Waals surface area contributed by atoms with Crippen molar-refractivity contribution in [3.63, 3.8) is 0 Å². The monoisotopic (exact) mass is 216 g/mol. The van der Waals surface area contributed by atoms with Crippen LogP contribution in [0, 0.1) is 6.92 Å². The van der Waals surface area contributed by atoms with Crippen LogP contribution in [0.3, 0.4) is 0 Å². The van der Waals surface area contributed by atoms with Gasteiger partial charge in [-0.2, -0.15) is 0 Å². The van der Waals surface area contributed by atoms with E-state index in [0.717, 1.165) is 11.3 Å². The van der Waals surface area contributed by atoms with Gasteiger partial charge in [0.25, 0.3) is 0 Å². The van der Waals surface area contributed by atoms with Crippen molar-refractivity contribution in [1.82, 2.24) is 0 Å². The van der Waals surface area contributed by atoms with Gasteiger partial charge in [0.15, 0.2) is 0 Å². The van der Waals surface area contributed by atoms with Gasteiger partial charge in [-0.1, -0.05) is 35.9 Å². The van der Waals surface area contributed by atoms with Crippen LogP contribution in [0.4, 0.5) is 0 Å². The summed E-state index contributed by atoms with van der Waals surface area (Å²) in [7, 11) is 0. The second-order valence-electron chi connectivity index (χ2n) is 4.16. The summed E-state index contributed by atoms with van der Waals surface area (Å²) in [6.45, 7) is 4.30. The van der Waals surface area contributed by atoms with Crippen LogP contribution in [-0.4, -0.2) is 0 Å². The molecule has 0 aromatic heterocycles. The van der Waals surface area contributed by atoms with Crippen molar-refractivity contribution in [2.24, 2.45) is 0 Å². The van der Waals surface area contributed by atoms with Crippen molar-refractivity contribution in [2.75, 3.05) is 0 Å². The summed E-state index contributed by atoms with van der Waals surface area (Å²) in [5, 5.41) is 0. The largest absolute Gasteiger partial charge is 0.143 e. The molecule has 2 rings (SSSR count). The van der Waals surface area contributed by atoms with Gasteiger partial charge in [0.2, 0.25) is 0 Å². The van der Waals surface area contributed by atoms with E-state index < -0.39 is 0 Å². The van der Waals surface area contributed by atoms with Crippen LogP contribution in [0.1, 0.15) is 30.9 Å². The SMILES string of the molecule is CC1=CC(c2cccc(C)c2S)=CCC1. The first-order valence-electron chi connectivity index (χ1n) is 5.35. The van der Waals surface area contributed by atoms with E-state index in [-0.39, 0.29) is 0 Å². The lowest BCUT2D eigenvalue weighted by Crippen LogP contribution is -1.92. The highest BCUT2D eigenvalue weighted by Gasteiger charge is 2.08. The van der Waals surface area contributed by atoms with Gasteiger partial charge < -0.3 is 0 Å². The van der Waals surface area contributed by atoms with E-state index >= 15 is 0 Å². The quantitative estimate of drug-likeness (QED) is 0.661. The molecule has 0 fully saturated rings. The maximum Gasteiger partial charge on any atom is 0.0148 e. The van der Waals surface area contributed by atoms with Crippen LogP contribution in [0.25, 0.3) is 5.57 Å². The number of hydrogen-bond acceptors (Lipinski definition) is 1. The molecule has 1 heteroatoms. The number of aryl methyl sites for hydroxylation is 1. The molecule has 0 radical (unpaired) electrons. The van der Waals surface area contributed by atoms with E-state index in [1.807, 2.05) is 0 Å². The normalized spacial score (nSPS) is 15.9. The third-order valence-corrected chi connectivity index (χ3v) is 3.45. The van der Waals surface area contributed by atoms with Crippen LogP contribution < -0.4 is 0 Å². The molecule has 0 saturated carbocycles. The Balaban J connectivity index is 2.46. The molecule has 0 spiro atoms. The second-order valence-corrected chi connectivity index (χ2v) is 4.61. The van der Waals surface area contributed by atoms with Crippen LogP contribution in [-0.2, 0) is 0 Å². The Hall–Kier alpha value is -0.950. The molecule has 0 bridgehead atoms. The molecular weight excluding hydrogens is 200 g/mol. The average Bonchev–Trinajstić information content (AvgIpc) is 2.22. The summed E-state index contributed by atoms with van der Waals surface area (Å²) in [4.78, 5) is 1.11. The molecule has 0 nitrogen and oxygen atoms in total. The minimum atomic E-state index is 1.11. The lowest BCUT2D eigenvalue weighted by atomic mass is 9.94. The van der Waals surface area contributed by atoms with E-state index in [1.165, 1.54) is 28.7 Å². The number of allylic oxidation sites excluding steroid dienone is 4. The van der Waals surface area contributed by atoms with Gasteiger partial charge in [0, 0.05) is 4.90 Å².